The summed E-state index contributed by atoms with van der Waals surface area (Å²) in [5.41, 5.74) is 7.78. The van der Waals surface area contributed by atoms with Crippen LogP contribution in [0.5, 0.6) is 5.75 Å². The Hall–Kier alpha value is -1.42. The average molecular weight is 250 g/mol. The second-order valence-electron chi connectivity index (χ2n) is 4.66. The van der Waals surface area contributed by atoms with Crippen molar-refractivity contribution in [2.75, 3.05) is 37.4 Å². The van der Waals surface area contributed by atoms with Gasteiger partial charge in [0.2, 0.25) is 0 Å². The smallest absolute Gasteiger partial charge is 0.144 e. The first kappa shape index (κ1) is 13.0. The topological polar surface area (TPSA) is 47.7 Å². The van der Waals surface area contributed by atoms with Crippen molar-refractivity contribution in [2.45, 2.75) is 25.9 Å². The molecule has 0 amide bonds. The summed E-state index contributed by atoms with van der Waals surface area (Å²) in [6.07, 6.45) is 2.40. The van der Waals surface area contributed by atoms with Crippen molar-refractivity contribution in [1.29, 1.82) is 0 Å². The number of hydrogen-bond acceptors (Lipinski definition) is 4. The molecule has 0 saturated carbocycles. The maximum absolute atomic E-state index is 5.91. The molecule has 4 heteroatoms. The molecule has 1 aromatic rings. The van der Waals surface area contributed by atoms with Crippen LogP contribution in [0, 0.1) is 0 Å². The predicted molar refractivity (Wildman–Crippen MR) is 74.3 cm³/mol. The van der Waals surface area contributed by atoms with Crippen molar-refractivity contribution in [3.8, 4) is 5.75 Å². The Morgan fingerprint density at radius 1 is 1.44 bits per heavy atom. The number of nitrogens with two attached hydrogens (primary N) is 1. The monoisotopic (exact) mass is 250 g/mol. The molecule has 1 heterocycles. The van der Waals surface area contributed by atoms with Gasteiger partial charge >= 0.3 is 0 Å². The molecular formula is C14H22N2O2. The molecule has 18 heavy (non-hydrogen) atoms. The SMILES string of the molecule is CCCOc1cc(N2CCC(OC)C2)ccc1N. The second kappa shape index (κ2) is 5.96. The summed E-state index contributed by atoms with van der Waals surface area (Å²) in [4.78, 5) is 2.31. The van der Waals surface area contributed by atoms with E-state index in [1.165, 1.54) is 0 Å². The lowest BCUT2D eigenvalue weighted by Crippen LogP contribution is -2.22. The summed E-state index contributed by atoms with van der Waals surface area (Å²) in [6, 6.07) is 6.00. The van der Waals surface area contributed by atoms with Gasteiger partial charge in [0.05, 0.1) is 18.4 Å². The molecule has 0 spiro atoms. The average Bonchev–Trinajstić information content (AvgIpc) is 2.86. The minimum Gasteiger partial charge on any atom is -0.491 e. The van der Waals surface area contributed by atoms with Gasteiger partial charge in [0, 0.05) is 32.0 Å². The number of methoxy groups -OCH3 is 1. The Morgan fingerprint density at radius 2 is 2.28 bits per heavy atom. The third-order valence-electron chi connectivity index (χ3n) is 3.30. The highest BCUT2D eigenvalue weighted by Crippen LogP contribution is 2.30. The van der Waals surface area contributed by atoms with Crippen molar-refractivity contribution in [2.24, 2.45) is 0 Å². The minimum atomic E-state index is 0.336. The van der Waals surface area contributed by atoms with E-state index in [4.69, 9.17) is 15.2 Å². The number of nitrogen functional groups attached to an aromatic ring is 1. The van der Waals surface area contributed by atoms with Gasteiger partial charge in [0.25, 0.3) is 0 Å². The highest BCUT2D eigenvalue weighted by molar-refractivity contribution is 5.62. The summed E-state index contributed by atoms with van der Waals surface area (Å²) >= 11 is 0. The molecule has 100 valence electrons. The van der Waals surface area contributed by atoms with Crippen LogP contribution in [0.15, 0.2) is 18.2 Å². The van der Waals surface area contributed by atoms with Crippen molar-refractivity contribution in [3.63, 3.8) is 0 Å². The lowest BCUT2D eigenvalue weighted by atomic mass is 10.2. The van der Waals surface area contributed by atoms with E-state index in [9.17, 15) is 0 Å². The van der Waals surface area contributed by atoms with Gasteiger partial charge in [-0.2, -0.15) is 0 Å². The first-order valence-electron chi connectivity index (χ1n) is 6.54. The fourth-order valence-electron chi connectivity index (χ4n) is 2.21. The summed E-state index contributed by atoms with van der Waals surface area (Å²) in [5.74, 6) is 0.787. The van der Waals surface area contributed by atoms with Crippen LogP contribution in [0.25, 0.3) is 0 Å². The summed E-state index contributed by atoms with van der Waals surface area (Å²) < 4.78 is 11.0. The van der Waals surface area contributed by atoms with Gasteiger partial charge < -0.3 is 20.1 Å². The molecule has 2 rings (SSSR count). The first-order valence-corrected chi connectivity index (χ1v) is 6.54. The largest absolute Gasteiger partial charge is 0.491 e. The Kier molecular flexibility index (Phi) is 4.31. The van der Waals surface area contributed by atoms with E-state index in [0.717, 1.165) is 37.4 Å². The fraction of sp³-hybridized carbons (Fsp3) is 0.571. The molecule has 1 unspecified atom stereocenters. The Morgan fingerprint density at radius 3 is 2.94 bits per heavy atom. The lowest BCUT2D eigenvalue weighted by Gasteiger charge is -2.20. The third kappa shape index (κ3) is 2.88. The molecular weight excluding hydrogens is 228 g/mol. The number of ether oxygens (including phenoxy) is 2. The van der Waals surface area contributed by atoms with Crippen LogP contribution in [-0.4, -0.2) is 32.9 Å². The Bertz CT molecular complexity index is 395. The van der Waals surface area contributed by atoms with Gasteiger partial charge in [0.15, 0.2) is 0 Å². The molecule has 0 aliphatic carbocycles. The van der Waals surface area contributed by atoms with Crippen LogP contribution in [0.3, 0.4) is 0 Å². The molecule has 0 aromatic heterocycles. The fourth-order valence-corrected chi connectivity index (χ4v) is 2.21. The Labute approximate surface area is 109 Å². The van der Waals surface area contributed by atoms with Gasteiger partial charge in [-0.1, -0.05) is 6.92 Å². The molecule has 2 N–H and O–H groups in total. The van der Waals surface area contributed by atoms with Crippen LogP contribution in [0.2, 0.25) is 0 Å². The van der Waals surface area contributed by atoms with Crippen LogP contribution >= 0.6 is 0 Å². The Balaban J connectivity index is 2.09. The standard InChI is InChI=1S/C14H22N2O2/c1-3-8-18-14-9-11(4-5-13(14)15)16-7-6-12(10-16)17-2/h4-5,9,12H,3,6-8,10,15H2,1-2H3. The van der Waals surface area contributed by atoms with Gasteiger partial charge in [-0.25, -0.2) is 0 Å². The van der Waals surface area contributed by atoms with E-state index < -0.39 is 0 Å². The summed E-state index contributed by atoms with van der Waals surface area (Å²) in [6.45, 7) is 4.75. The van der Waals surface area contributed by atoms with Crippen molar-refractivity contribution in [3.05, 3.63) is 18.2 Å². The zero-order valence-electron chi connectivity index (χ0n) is 11.2. The maximum atomic E-state index is 5.91. The van der Waals surface area contributed by atoms with Crippen LogP contribution in [0.1, 0.15) is 19.8 Å². The molecule has 0 bridgehead atoms. The van der Waals surface area contributed by atoms with E-state index in [1.807, 2.05) is 18.2 Å². The van der Waals surface area contributed by atoms with E-state index in [-0.39, 0.29) is 0 Å². The number of benzene rings is 1. The quantitative estimate of drug-likeness (QED) is 0.814. The third-order valence-corrected chi connectivity index (χ3v) is 3.30. The second-order valence-corrected chi connectivity index (χ2v) is 4.66. The molecule has 4 nitrogen and oxygen atoms in total. The van der Waals surface area contributed by atoms with Gasteiger partial charge in [-0.15, -0.1) is 0 Å². The normalized spacial score (nSPS) is 19.2. The summed E-state index contributed by atoms with van der Waals surface area (Å²) in [5, 5.41) is 0. The molecule has 1 saturated heterocycles. The van der Waals surface area contributed by atoms with E-state index >= 15 is 0 Å². The molecule has 0 radical (unpaired) electrons. The van der Waals surface area contributed by atoms with Crippen LogP contribution < -0.4 is 15.4 Å². The molecule has 1 aliphatic rings. The van der Waals surface area contributed by atoms with Crippen molar-refractivity contribution in [1.82, 2.24) is 0 Å². The molecule has 1 fully saturated rings. The molecule has 1 aromatic carbocycles. The predicted octanol–water partition coefficient (Wildman–Crippen LogP) is 2.28. The highest BCUT2D eigenvalue weighted by atomic mass is 16.5. The molecule has 1 aliphatic heterocycles. The van der Waals surface area contributed by atoms with Crippen LogP contribution in [0.4, 0.5) is 11.4 Å². The first-order chi connectivity index (χ1) is 8.74. The van der Waals surface area contributed by atoms with Gasteiger partial charge in [-0.3, -0.25) is 0 Å². The number of hydrogen-bond donors (Lipinski definition) is 1. The maximum Gasteiger partial charge on any atom is 0.144 e. The van der Waals surface area contributed by atoms with Crippen molar-refractivity contribution >= 4 is 11.4 Å². The number of nitrogens with zero attached hydrogens (tertiary/aromatic N) is 1. The molecule has 1 atom stereocenters. The zero-order chi connectivity index (χ0) is 13.0. The van der Waals surface area contributed by atoms with E-state index in [0.29, 0.717) is 18.4 Å². The van der Waals surface area contributed by atoms with Crippen molar-refractivity contribution < 1.29 is 9.47 Å². The van der Waals surface area contributed by atoms with E-state index in [1.54, 1.807) is 7.11 Å². The zero-order valence-corrected chi connectivity index (χ0v) is 11.2. The van der Waals surface area contributed by atoms with Gasteiger partial charge in [-0.05, 0) is 25.0 Å². The summed E-state index contributed by atoms with van der Waals surface area (Å²) in [7, 11) is 1.77. The minimum absolute atomic E-state index is 0.336. The highest BCUT2D eigenvalue weighted by Gasteiger charge is 2.22. The van der Waals surface area contributed by atoms with E-state index in [2.05, 4.69) is 11.8 Å². The number of rotatable bonds is 5. The van der Waals surface area contributed by atoms with Gasteiger partial charge in [0.1, 0.15) is 5.75 Å². The number of anilines is 2. The lowest BCUT2D eigenvalue weighted by molar-refractivity contribution is 0.121. The van der Waals surface area contributed by atoms with Crippen LogP contribution in [-0.2, 0) is 4.74 Å².